The van der Waals surface area contributed by atoms with Crippen LogP contribution in [-0.2, 0) is 16.8 Å². The third kappa shape index (κ3) is 2.13. The number of amides is 1. The average molecular weight is 333 g/mol. The van der Waals surface area contributed by atoms with Gasteiger partial charge in [-0.15, -0.1) is 0 Å². The van der Waals surface area contributed by atoms with Crippen LogP contribution in [0.4, 0.5) is 5.69 Å². The Morgan fingerprint density at radius 1 is 1.35 bits per heavy atom. The number of nitrogens with one attached hydrogen (secondary N) is 1. The van der Waals surface area contributed by atoms with Gasteiger partial charge in [0.2, 0.25) is 0 Å². The van der Waals surface area contributed by atoms with E-state index in [9.17, 15) is 9.90 Å². The van der Waals surface area contributed by atoms with Crippen LogP contribution in [0.15, 0.2) is 40.9 Å². The Hall–Kier alpha value is -1.72. The van der Waals surface area contributed by atoms with E-state index >= 15 is 0 Å². The summed E-state index contributed by atoms with van der Waals surface area (Å²) < 4.78 is 0.823. The lowest BCUT2D eigenvalue weighted by atomic mass is 9.90. The van der Waals surface area contributed by atoms with Gasteiger partial charge in [0.1, 0.15) is 0 Å². The summed E-state index contributed by atoms with van der Waals surface area (Å²) in [4.78, 5) is 16.5. The number of halogens is 1. The van der Waals surface area contributed by atoms with E-state index in [1.807, 2.05) is 31.2 Å². The predicted octanol–water partition coefficient (Wildman–Crippen LogP) is 2.53. The van der Waals surface area contributed by atoms with E-state index in [4.69, 9.17) is 0 Å². The van der Waals surface area contributed by atoms with Gasteiger partial charge in [-0.3, -0.25) is 9.78 Å². The molecule has 0 saturated carbocycles. The maximum absolute atomic E-state index is 12.1. The van der Waals surface area contributed by atoms with Crippen LogP contribution in [0.3, 0.4) is 0 Å². The number of aliphatic hydroxyl groups is 1. The first-order valence-corrected chi connectivity index (χ1v) is 7.05. The normalized spacial score (nSPS) is 20.6. The van der Waals surface area contributed by atoms with Crippen molar-refractivity contribution >= 4 is 27.5 Å². The quantitative estimate of drug-likeness (QED) is 0.888. The summed E-state index contributed by atoms with van der Waals surface area (Å²) in [7, 11) is 0. The van der Waals surface area contributed by atoms with Crippen molar-refractivity contribution in [1.29, 1.82) is 0 Å². The molecule has 20 heavy (non-hydrogen) atoms. The highest BCUT2D eigenvalue weighted by Crippen LogP contribution is 2.39. The summed E-state index contributed by atoms with van der Waals surface area (Å²) in [5.74, 6) is -0.408. The van der Waals surface area contributed by atoms with Gasteiger partial charge < -0.3 is 10.4 Å². The molecule has 0 bridgehead atoms. The van der Waals surface area contributed by atoms with Crippen molar-refractivity contribution in [2.24, 2.45) is 0 Å². The summed E-state index contributed by atoms with van der Waals surface area (Å²) in [5.41, 5.74) is 1.21. The maximum Gasteiger partial charge on any atom is 0.261 e. The van der Waals surface area contributed by atoms with E-state index in [0.717, 1.165) is 10.2 Å². The first-order chi connectivity index (χ1) is 9.49. The number of aromatic nitrogens is 1. The second-order valence-corrected chi connectivity index (χ2v) is 5.87. The van der Waals surface area contributed by atoms with Gasteiger partial charge in [-0.25, -0.2) is 0 Å². The van der Waals surface area contributed by atoms with Gasteiger partial charge in [0, 0.05) is 33.5 Å². The Kier molecular flexibility index (Phi) is 3.11. The Morgan fingerprint density at radius 3 is 2.90 bits per heavy atom. The third-order valence-corrected chi connectivity index (χ3v) is 3.93. The van der Waals surface area contributed by atoms with Crippen LogP contribution in [0.2, 0.25) is 0 Å². The van der Waals surface area contributed by atoms with Crippen LogP contribution in [0, 0.1) is 6.92 Å². The van der Waals surface area contributed by atoms with Gasteiger partial charge in [-0.2, -0.15) is 0 Å². The van der Waals surface area contributed by atoms with Crippen molar-refractivity contribution in [2.75, 3.05) is 5.32 Å². The number of carbonyl (C=O) groups excluding carboxylic acids is 1. The summed E-state index contributed by atoms with van der Waals surface area (Å²) in [6.45, 7) is 1.88. The first kappa shape index (κ1) is 13.3. The van der Waals surface area contributed by atoms with Gasteiger partial charge in [-0.05, 0) is 37.3 Å². The number of nitrogens with zero attached hydrogens (tertiary/aromatic N) is 1. The lowest BCUT2D eigenvalue weighted by molar-refractivity contribution is -0.133. The number of pyridine rings is 1. The van der Waals surface area contributed by atoms with Gasteiger partial charge in [0.25, 0.3) is 5.91 Å². The molecular weight excluding hydrogens is 320 g/mol. The molecule has 0 saturated heterocycles. The highest BCUT2D eigenvalue weighted by Gasteiger charge is 2.45. The highest BCUT2D eigenvalue weighted by molar-refractivity contribution is 9.10. The number of rotatable bonds is 2. The van der Waals surface area contributed by atoms with Crippen molar-refractivity contribution in [3.63, 3.8) is 0 Å². The van der Waals surface area contributed by atoms with E-state index in [2.05, 4.69) is 26.2 Å². The maximum atomic E-state index is 12.1. The molecule has 3 rings (SSSR count). The fraction of sp³-hybridized carbons (Fsp3) is 0.200. The molecule has 2 aromatic rings. The molecule has 4 nitrogen and oxygen atoms in total. The van der Waals surface area contributed by atoms with E-state index in [1.54, 1.807) is 12.1 Å². The number of carbonyl (C=O) groups is 1. The largest absolute Gasteiger partial charge is 0.375 e. The minimum absolute atomic E-state index is 0.157. The molecule has 1 aliphatic rings. The minimum atomic E-state index is -1.57. The predicted molar refractivity (Wildman–Crippen MR) is 79.3 cm³/mol. The molecule has 2 N–H and O–H groups in total. The lowest BCUT2D eigenvalue weighted by Gasteiger charge is -2.20. The Labute approximate surface area is 125 Å². The molecule has 0 spiro atoms. The number of hydrogen-bond donors (Lipinski definition) is 2. The van der Waals surface area contributed by atoms with Gasteiger partial charge >= 0.3 is 0 Å². The van der Waals surface area contributed by atoms with Crippen LogP contribution in [-0.4, -0.2) is 16.0 Å². The second kappa shape index (κ2) is 4.68. The van der Waals surface area contributed by atoms with Crippen LogP contribution in [0.1, 0.15) is 17.0 Å². The highest BCUT2D eigenvalue weighted by atomic mass is 79.9. The van der Waals surface area contributed by atoms with Crippen LogP contribution in [0.25, 0.3) is 0 Å². The zero-order valence-corrected chi connectivity index (χ0v) is 12.4. The smallest absolute Gasteiger partial charge is 0.261 e. The summed E-state index contributed by atoms with van der Waals surface area (Å²) in [6, 6.07) is 10.9. The molecule has 1 aromatic carbocycles. The van der Waals surface area contributed by atoms with Crippen LogP contribution >= 0.6 is 15.9 Å². The number of fused-ring (bicyclic) bond motifs is 1. The topological polar surface area (TPSA) is 62.2 Å². The fourth-order valence-electron chi connectivity index (χ4n) is 2.45. The molecule has 1 aliphatic heterocycles. The Morgan fingerprint density at radius 2 is 2.15 bits per heavy atom. The van der Waals surface area contributed by atoms with E-state index in [-0.39, 0.29) is 6.42 Å². The summed E-state index contributed by atoms with van der Waals surface area (Å²) in [5, 5.41) is 13.5. The second-order valence-electron chi connectivity index (χ2n) is 4.95. The Bertz CT molecular complexity index is 702. The van der Waals surface area contributed by atoms with Gasteiger partial charge in [0.05, 0.1) is 0 Å². The first-order valence-electron chi connectivity index (χ1n) is 6.25. The molecule has 1 unspecified atom stereocenters. The molecule has 102 valence electrons. The molecule has 5 heteroatoms. The molecule has 1 aromatic heterocycles. The van der Waals surface area contributed by atoms with Crippen molar-refractivity contribution in [3.8, 4) is 0 Å². The van der Waals surface area contributed by atoms with E-state index < -0.39 is 11.5 Å². The molecule has 2 heterocycles. The average Bonchev–Trinajstić information content (AvgIpc) is 2.62. The fourth-order valence-corrected chi connectivity index (χ4v) is 2.81. The zero-order chi connectivity index (χ0) is 14.3. The minimum Gasteiger partial charge on any atom is -0.375 e. The number of hydrogen-bond acceptors (Lipinski definition) is 3. The lowest BCUT2D eigenvalue weighted by Crippen LogP contribution is -2.36. The van der Waals surface area contributed by atoms with Crippen LogP contribution < -0.4 is 5.32 Å². The SMILES string of the molecule is Cc1cccc(CC2(O)C(=O)Nc3ccc(Br)cc32)n1. The van der Waals surface area contributed by atoms with Gasteiger partial charge in [-0.1, -0.05) is 22.0 Å². The van der Waals surface area contributed by atoms with E-state index in [1.165, 1.54) is 0 Å². The number of aryl methyl sites for hydroxylation is 1. The van der Waals surface area contributed by atoms with Crippen molar-refractivity contribution in [1.82, 2.24) is 4.98 Å². The molecule has 0 aliphatic carbocycles. The molecule has 0 radical (unpaired) electrons. The van der Waals surface area contributed by atoms with Crippen LogP contribution in [0.5, 0.6) is 0 Å². The molecule has 1 amide bonds. The number of benzene rings is 1. The van der Waals surface area contributed by atoms with E-state index in [0.29, 0.717) is 16.9 Å². The van der Waals surface area contributed by atoms with Crippen molar-refractivity contribution in [2.45, 2.75) is 18.9 Å². The summed E-state index contributed by atoms with van der Waals surface area (Å²) in [6.07, 6.45) is 0.157. The molecule has 0 fully saturated rings. The Balaban J connectivity index is 2.04. The monoisotopic (exact) mass is 332 g/mol. The zero-order valence-electron chi connectivity index (χ0n) is 10.9. The third-order valence-electron chi connectivity index (χ3n) is 3.43. The standard InChI is InChI=1S/C15H13BrN2O2/c1-9-3-2-4-11(17-9)8-15(20)12-7-10(16)5-6-13(12)18-14(15)19/h2-7,20H,8H2,1H3,(H,18,19). The number of anilines is 1. The molecular formula is C15H13BrN2O2. The molecule has 1 atom stereocenters. The van der Waals surface area contributed by atoms with Crippen molar-refractivity contribution in [3.05, 3.63) is 57.8 Å². The summed E-state index contributed by atoms with van der Waals surface area (Å²) >= 11 is 3.37. The van der Waals surface area contributed by atoms with Crippen molar-refractivity contribution < 1.29 is 9.90 Å². The van der Waals surface area contributed by atoms with Gasteiger partial charge in [0.15, 0.2) is 5.60 Å².